The molecule has 0 spiro atoms. The van der Waals surface area contributed by atoms with Crippen molar-refractivity contribution in [3.8, 4) is 0 Å². The summed E-state index contributed by atoms with van der Waals surface area (Å²) < 4.78 is 28.2. The third-order valence-electron chi connectivity index (χ3n) is 8.11. The van der Waals surface area contributed by atoms with Crippen molar-refractivity contribution in [2.24, 2.45) is 17.8 Å². The Balaban J connectivity index is 1.17. The molecule has 4 heterocycles. The Morgan fingerprint density at radius 3 is 2.72 bits per heavy atom. The third-order valence-corrected chi connectivity index (χ3v) is 10.4. The number of piperidine rings is 3. The van der Waals surface area contributed by atoms with E-state index in [0.29, 0.717) is 40.4 Å². The van der Waals surface area contributed by atoms with Crippen LogP contribution >= 0.6 is 22.9 Å². The number of thiophene rings is 1. The van der Waals surface area contributed by atoms with Crippen LogP contribution in [0.3, 0.4) is 0 Å². The van der Waals surface area contributed by atoms with Gasteiger partial charge in [0.15, 0.2) is 0 Å². The molecule has 4 atom stereocenters. The Hall–Kier alpha value is -1.46. The van der Waals surface area contributed by atoms with Gasteiger partial charge in [0.05, 0.1) is 10.9 Å². The molecule has 1 aromatic rings. The molecule has 3 aliphatic heterocycles. The number of nitrogens with one attached hydrogen (secondary N) is 1. The highest BCUT2D eigenvalue weighted by molar-refractivity contribution is 7.92. The lowest BCUT2D eigenvalue weighted by Gasteiger charge is -2.37. The summed E-state index contributed by atoms with van der Waals surface area (Å²) in [7, 11) is -3.82. The summed E-state index contributed by atoms with van der Waals surface area (Å²) in [6.07, 6.45) is 6.17. The Morgan fingerprint density at radius 2 is 2.00 bits per heavy atom. The minimum absolute atomic E-state index is 0.0103. The zero-order valence-corrected chi connectivity index (χ0v) is 23.0. The maximum Gasteiger partial charge on any atom is 0.242 e. The van der Waals surface area contributed by atoms with Gasteiger partial charge in [-0.25, -0.2) is 8.42 Å². The predicted octanol–water partition coefficient (Wildman–Crippen LogP) is 2.86. The Bertz CT molecular complexity index is 1120. The molecule has 4 fully saturated rings. The average molecular weight is 555 g/mol. The molecule has 1 aliphatic carbocycles. The molecular formula is C25H35ClN4O4S2. The van der Waals surface area contributed by atoms with Gasteiger partial charge in [0.2, 0.25) is 21.8 Å². The minimum Gasteiger partial charge on any atom is -0.336 e. The summed E-state index contributed by atoms with van der Waals surface area (Å²) in [5.74, 6) is 1.64. The lowest BCUT2D eigenvalue weighted by Crippen LogP contribution is -2.55. The number of amides is 2. The number of likely N-dealkylation sites (tertiary alicyclic amines) is 3. The van der Waals surface area contributed by atoms with Crippen LogP contribution in [0.5, 0.6) is 0 Å². The first-order chi connectivity index (χ1) is 17.2. The maximum absolute atomic E-state index is 13.3. The normalized spacial score (nSPS) is 29.8. The van der Waals surface area contributed by atoms with Crippen molar-refractivity contribution in [1.82, 2.24) is 19.4 Å². The van der Waals surface area contributed by atoms with Gasteiger partial charge in [-0.1, -0.05) is 18.5 Å². The molecule has 36 heavy (non-hydrogen) atoms. The summed E-state index contributed by atoms with van der Waals surface area (Å²) in [6, 6.07) is 2.82. The van der Waals surface area contributed by atoms with Crippen molar-refractivity contribution in [3.63, 3.8) is 0 Å². The molecule has 2 amide bonds. The molecular weight excluding hydrogens is 520 g/mol. The highest BCUT2D eigenvalue weighted by atomic mass is 35.5. The van der Waals surface area contributed by atoms with Gasteiger partial charge in [0.1, 0.15) is 6.04 Å². The van der Waals surface area contributed by atoms with Crippen LogP contribution in [-0.4, -0.2) is 86.3 Å². The van der Waals surface area contributed by atoms with E-state index in [9.17, 15) is 18.0 Å². The van der Waals surface area contributed by atoms with E-state index in [2.05, 4.69) is 16.5 Å². The van der Waals surface area contributed by atoms with Crippen LogP contribution in [0.25, 0.3) is 6.08 Å². The SMILES string of the molecule is CC1CCN(CC2C3CC3CN2C(=O)CN2CCC[C@H](NS(=O)(=O)C=Cc3ccc(Cl)s3)C2=O)CC1. The number of rotatable bonds is 8. The summed E-state index contributed by atoms with van der Waals surface area (Å²) in [4.78, 5) is 33.2. The van der Waals surface area contributed by atoms with Crippen molar-refractivity contribution in [3.05, 3.63) is 26.8 Å². The van der Waals surface area contributed by atoms with Crippen LogP contribution in [0.2, 0.25) is 4.34 Å². The number of carbonyl (C=O) groups excluding carboxylic acids is 2. The number of fused-ring (bicyclic) bond motifs is 1. The number of carbonyl (C=O) groups is 2. The van der Waals surface area contributed by atoms with E-state index in [1.807, 2.05) is 4.90 Å². The molecule has 1 aromatic heterocycles. The quantitative estimate of drug-likeness (QED) is 0.534. The molecule has 3 unspecified atom stereocenters. The van der Waals surface area contributed by atoms with E-state index in [0.717, 1.165) is 37.5 Å². The predicted molar refractivity (Wildman–Crippen MR) is 142 cm³/mol. The summed E-state index contributed by atoms with van der Waals surface area (Å²) in [5, 5.41) is 1.06. The fourth-order valence-corrected chi connectivity index (χ4v) is 7.94. The summed E-state index contributed by atoms with van der Waals surface area (Å²) >= 11 is 7.17. The van der Waals surface area contributed by atoms with Crippen LogP contribution < -0.4 is 4.72 Å². The van der Waals surface area contributed by atoms with E-state index in [-0.39, 0.29) is 24.4 Å². The highest BCUT2D eigenvalue weighted by Gasteiger charge is 2.54. The standard InChI is InChI=1S/C25H35ClN4O4S2/c1-17-6-10-28(11-7-17)15-22-20-13-18(20)14-30(22)24(31)16-29-9-2-3-21(25(29)32)27-36(33,34)12-8-19-4-5-23(26)35-19/h4-5,8,12,17-18,20-22,27H,2-3,6-7,9-11,13-16H2,1H3/t18?,20?,21-,22?/m0/s1. The second-order valence-corrected chi connectivity index (χ2v) is 14.2. The third kappa shape index (κ3) is 6.15. The molecule has 5 rings (SSSR count). The van der Waals surface area contributed by atoms with Crippen molar-refractivity contribution < 1.29 is 18.0 Å². The maximum atomic E-state index is 13.3. The molecule has 1 N–H and O–H groups in total. The molecule has 0 bridgehead atoms. The molecule has 198 valence electrons. The van der Waals surface area contributed by atoms with Gasteiger partial charge >= 0.3 is 0 Å². The number of hydrogen-bond acceptors (Lipinski definition) is 6. The monoisotopic (exact) mass is 554 g/mol. The number of nitrogens with zero attached hydrogens (tertiary/aromatic N) is 3. The molecule has 1 saturated carbocycles. The summed E-state index contributed by atoms with van der Waals surface area (Å²) in [6.45, 7) is 6.70. The van der Waals surface area contributed by atoms with Gasteiger partial charge < -0.3 is 14.7 Å². The van der Waals surface area contributed by atoms with E-state index < -0.39 is 16.1 Å². The van der Waals surface area contributed by atoms with Gasteiger partial charge in [-0.15, -0.1) is 11.3 Å². The lowest BCUT2D eigenvalue weighted by molar-refractivity contribution is -0.144. The van der Waals surface area contributed by atoms with Crippen LogP contribution in [0.1, 0.15) is 43.9 Å². The van der Waals surface area contributed by atoms with Crippen molar-refractivity contribution in [2.75, 3.05) is 39.3 Å². The first kappa shape index (κ1) is 26.2. The Labute approximate surface area is 222 Å². The number of hydrogen-bond donors (Lipinski definition) is 1. The minimum atomic E-state index is -3.82. The second-order valence-electron chi connectivity index (χ2n) is 10.8. The molecule has 0 aromatic carbocycles. The Kier molecular flexibility index (Phi) is 7.79. The van der Waals surface area contributed by atoms with Gasteiger partial charge in [-0.3, -0.25) is 9.59 Å². The highest BCUT2D eigenvalue weighted by Crippen LogP contribution is 2.49. The average Bonchev–Trinajstić information content (AvgIpc) is 3.34. The molecule has 0 radical (unpaired) electrons. The Morgan fingerprint density at radius 1 is 1.22 bits per heavy atom. The number of halogens is 1. The van der Waals surface area contributed by atoms with Gasteiger partial charge in [0.25, 0.3) is 0 Å². The largest absolute Gasteiger partial charge is 0.336 e. The second kappa shape index (κ2) is 10.7. The van der Waals surface area contributed by atoms with Crippen LogP contribution in [-0.2, 0) is 19.6 Å². The van der Waals surface area contributed by atoms with E-state index in [4.69, 9.17) is 11.6 Å². The zero-order chi connectivity index (χ0) is 25.4. The molecule has 3 saturated heterocycles. The van der Waals surface area contributed by atoms with E-state index in [1.54, 1.807) is 12.1 Å². The topological polar surface area (TPSA) is 90.0 Å². The summed E-state index contributed by atoms with van der Waals surface area (Å²) in [5.41, 5.74) is 0. The van der Waals surface area contributed by atoms with Crippen LogP contribution in [0.4, 0.5) is 0 Å². The van der Waals surface area contributed by atoms with Crippen LogP contribution in [0.15, 0.2) is 17.5 Å². The zero-order valence-electron chi connectivity index (χ0n) is 20.6. The molecule has 8 nitrogen and oxygen atoms in total. The number of sulfonamides is 1. The first-order valence-corrected chi connectivity index (χ1v) is 15.7. The van der Waals surface area contributed by atoms with Crippen molar-refractivity contribution >= 4 is 50.9 Å². The fourth-order valence-electron chi connectivity index (χ4n) is 5.87. The van der Waals surface area contributed by atoms with E-state index >= 15 is 0 Å². The van der Waals surface area contributed by atoms with Gasteiger partial charge in [0, 0.05) is 36.0 Å². The molecule has 11 heteroatoms. The van der Waals surface area contributed by atoms with Crippen molar-refractivity contribution in [1.29, 1.82) is 0 Å². The van der Waals surface area contributed by atoms with Crippen molar-refractivity contribution in [2.45, 2.75) is 51.1 Å². The van der Waals surface area contributed by atoms with Crippen LogP contribution in [0, 0.1) is 17.8 Å². The van der Waals surface area contributed by atoms with E-state index in [1.165, 1.54) is 41.6 Å². The molecule has 4 aliphatic rings. The first-order valence-electron chi connectivity index (χ1n) is 12.9. The fraction of sp³-hybridized carbons (Fsp3) is 0.680. The smallest absolute Gasteiger partial charge is 0.242 e. The van der Waals surface area contributed by atoms with Gasteiger partial charge in [-0.05, 0) is 81.2 Å². The lowest BCUT2D eigenvalue weighted by atomic mass is 9.98. The van der Waals surface area contributed by atoms with Gasteiger partial charge in [-0.2, -0.15) is 4.72 Å².